The summed E-state index contributed by atoms with van der Waals surface area (Å²) in [6.07, 6.45) is 0. The molecule has 2 N–H and O–H groups in total. The maximum absolute atomic E-state index is 10.2. The molecule has 0 unspecified atom stereocenters. The van der Waals surface area contributed by atoms with Crippen LogP contribution in [-0.4, -0.2) is 42.5 Å². The van der Waals surface area contributed by atoms with Gasteiger partial charge in [0.1, 0.15) is 0 Å². The molecule has 50 heavy (non-hydrogen) atoms. The molecule has 0 amide bonds. The first-order valence-electron chi connectivity index (χ1n) is 15.0. The van der Waals surface area contributed by atoms with Crippen molar-refractivity contribution >= 4 is 11.9 Å². The Bertz CT molecular complexity index is 1520. The SMILES string of the molecule is Cc1cc(C)[n-]n1.Cc1cc(C)[n-]n1.Cc1cc(C)[nH]n1.Cc1cc(C)[nH]n1.Cc1ccc(C(=O)[O-])cc1.Cc1ccc(C(=O)[O-])cc1.[Zn+2].[Zn+2]. The number of aryl methyl sites for hydroxylation is 10. The van der Waals surface area contributed by atoms with Gasteiger partial charge in [-0.1, -0.05) is 85.6 Å². The van der Waals surface area contributed by atoms with Crippen molar-refractivity contribution in [3.8, 4) is 0 Å². The third-order valence-electron chi connectivity index (χ3n) is 5.81. The smallest absolute Gasteiger partial charge is 0.579 e. The number of nitrogens with one attached hydrogen (secondary N) is 2. The first kappa shape index (κ1) is 47.6. The molecule has 0 saturated heterocycles. The summed E-state index contributed by atoms with van der Waals surface area (Å²) in [5, 5.41) is 48.9. The molecule has 0 aliphatic rings. The van der Waals surface area contributed by atoms with Crippen LogP contribution in [-0.2, 0) is 39.0 Å². The van der Waals surface area contributed by atoms with E-state index in [-0.39, 0.29) is 50.1 Å². The van der Waals surface area contributed by atoms with Crippen molar-refractivity contribution < 1.29 is 58.8 Å². The van der Waals surface area contributed by atoms with Gasteiger partial charge in [0.05, 0.1) is 23.3 Å². The first-order valence-corrected chi connectivity index (χ1v) is 15.0. The Morgan fingerprint density at radius 2 is 0.800 bits per heavy atom. The fourth-order valence-electron chi connectivity index (χ4n) is 3.52. The Morgan fingerprint density at radius 3 is 0.920 bits per heavy atom. The van der Waals surface area contributed by atoms with E-state index >= 15 is 0 Å². The van der Waals surface area contributed by atoms with Gasteiger partial charge in [-0.25, -0.2) is 0 Å². The van der Waals surface area contributed by atoms with Crippen LogP contribution in [0.3, 0.4) is 0 Å². The number of hydrogen-bond acceptors (Lipinski definition) is 8. The molecule has 0 fully saturated rings. The molecule has 4 heterocycles. The van der Waals surface area contributed by atoms with Gasteiger partial charge < -0.3 is 40.2 Å². The molecule has 4 aromatic heterocycles. The van der Waals surface area contributed by atoms with Gasteiger partial charge in [-0.2, -0.15) is 10.2 Å². The van der Waals surface area contributed by atoms with Crippen molar-refractivity contribution in [3.63, 3.8) is 0 Å². The number of carbonyl (C=O) groups is 2. The van der Waals surface area contributed by atoms with E-state index in [1.165, 1.54) is 24.3 Å². The normalized spacial score (nSPS) is 9.00. The third kappa shape index (κ3) is 22.2. The average Bonchev–Trinajstić information content (AvgIpc) is 3.81. The van der Waals surface area contributed by atoms with Gasteiger partial charge in [-0.3, -0.25) is 10.2 Å². The molecular formula is C36H44N8O4Zn2. The largest absolute Gasteiger partial charge is 2.00 e. The van der Waals surface area contributed by atoms with Crippen LogP contribution < -0.4 is 20.4 Å². The second-order valence-corrected chi connectivity index (χ2v) is 10.9. The van der Waals surface area contributed by atoms with Crippen LogP contribution in [0.4, 0.5) is 0 Å². The minimum atomic E-state index is -1.12. The van der Waals surface area contributed by atoms with E-state index < -0.39 is 11.9 Å². The van der Waals surface area contributed by atoms with E-state index in [2.05, 4.69) is 40.8 Å². The van der Waals surface area contributed by atoms with Gasteiger partial charge in [0.15, 0.2) is 0 Å². The number of H-pyrrole nitrogens is 2. The monoisotopic (exact) mass is 780 g/mol. The number of nitrogens with zero attached hydrogens (tertiary/aromatic N) is 6. The van der Waals surface area contributed by atoms with E-state index in [0.29, 0.717) is 0 Å². The summed E-state index contributed by atoms with van der Waals surface area (Å²) in [6.45, 7) is 19.4. The van der Waals surface area contributed by atoms with Gasteiger partial charge in [-0.05, 0) is 78.6 Å². The van der Waals surface area contributed by atoms with Crippen molar-refractivity contribution in [2.75, 3.05) is 0 Å². The molecule has 256 valence electrons. The number of hydrogen-bond donors (Lipinski definition) is 2. The zero-order chi connectivity index (χ0) is 36.2. The number of benzene rings is 2. The zero-order valence-corrected chi connectivity index (χ0v) is 36.6. The average molecular weight is 784 g/mol. The molecule has 0 spiro atoms. The van der Waals surface area contributed by atoms with Crippen LogP contribution >= 0.6 is 0 Å². The Morgan fingerprint density at radius 1 is 0.500 bits per heavy atom. The van der Waals surface area contributed by atoms with Crippen LogP contribution in [0.25, 0.3) is 0 Å². The van der Waals surface area contributed by atoms with Crippen molar-refractivity contribution in [3.05, 3.63) is 141 Å². The second-order valence-electron chi connectivity index (χ2n) is 10.9. The Hall–Kier alpha value is -4.53. The van der Waals surface area contributed by atoms with E-state index in [4.69, 9.17) is 0 Å². The quantitative estimate of drug-likeness (QED) is 0.242. The molecule has 0 saturated carbocycles. The number of carbonyl (C=O) groups excluding carboxylic acids is 2. The molecule has 2 aromatic carbocycles. The number of aromatic carboxylic acids is 2. The third-order valence-corrected chi connectivity index (χ3v) is 5.81. The summed E-state index contributed by atoms with van der Waals surface area (Å²) in [6, 6.07) is 21.0. The minimum absolute atomic E-state index is 0. The Kier molecular flexibility index (Phi) is 24.2. The Balaban J connectivity index is 0. The van der Waals surface area contributed by atoms with Crippen molar-refractivity contribution in [1.82, 2.24) is 40.8 Å². The summed E-state index contributed by atoms with van der Waals surface area (Å²) >= 11 is 0. The van der Waals surface area contributed by atoms with Crippen molar-refractivity contribution in [2.24, 2.45) is 0 Å². The Labute approximate surface area is 319 Å². The molecule has 12 nitrogen and oxygen atoms in total. The van der Waals surface area contributed by atoms with Gasteiger partial charge in [-0.15, -0.1) is 11.4 Å². The van der Waals surface area contributed by atoms with E-state index in [9.17, 15) is 19.8 Å². The molecule has 0 aliphatic carbocycles. The second kappa shape index (κ2) is 25.4. The summed E-state index contributed by atoms with van der Waals surface area (Å²) in [5.74, 6) is -2.25. The number of aromatic nitrogens is 8. The molecule has 6 rings (SSSR count). The number of carboxylic acids is 2. The van der Waals surface area contributed by atoms with E-state index in [0.717, 1.165) is 56.7 Å². The van der Waals surface area contributed by atoms with Crippen LogP contribution in [0.2, 0.25) is 0 Å². The molecule has 0 radical (unpaired) electrons. The van der Waals surface area contributed by atoms with Gasteiger partial charge in [0.2, 0.25) is 0 Å². The van der Waals surface area contributed by atoms with Crippen LogP contribution in [0.1, 0.15) is 77.4 Å². The minimum Gasteiger partial charge on any atom is -0.579 e. The molecule has 14 heteroatoms. The molecular weight excluding hydrogens is 739 g/mol. The van der Waals surface area contributed by atoms with Crippen LogP contribution in [0.15, 0.2) is 72.8 Å². The topological polar surface area (TPSA) is 192 Å². The zero-order valence-electron chi connectivity index (χ0n) is 30.7. The van der Waals surface area contributed by atoms with E-state index in [1.54, 1.807) is 24.3 Å². The van der Waals surface area contributed by atoms with Crippen LogP contribution in [0.5, 0.6) is 0 Å². The van der Waals surface area contributed by atoms with Gasteiger partial charge in [0.25, 0.3) is 0 Å². The number of aromatic amines is 2. The fraction of sp³-hybridized carbons (Fsp3) is 0.278. The summed E-state index contributed by atoms with van der Waals surface area (Å²) in [7, 11) is 0. The first-order chi connectivity index (χ1) is 22.5. The molecule has 0 aliphatic heterocycles. The molecule has 0 bridgehead atoms. The number of carboxylic acid groups (broad SMARTS) is 2. The maximum atomic E-state index is 10.2. The predicted molar refractivity (Wildman–Crippen MR) is 181 cm³/mol. The van der Waals surface area contributed by atoms with Crippen LogP contribution in [0, 0.1) is 69.2 Å². The predicted octanol–water partition coefficient (Wildman–Crippen LogP) is 4.08. The van der Waals surface area contributed by atoms with Crippen molar-refractivity contribution in [2.45, 2.75) is 69.2 Å². The van der Waals surface area contributed by atoms with Gasteiger partial charge >= 0.3 is 39.0 Å². The summed E-state index contributed by atoms with van der Waals surface area (Å²) < 4.78 is 0. The number of rotatable bonds is 2. The van der Waals surface area contributed by atoms with Gasteiger partial charge in [0, 0.05) is 22.8 Å². The fourth-order valence-corrected chi connectivity index (χ4v) is 3.52. The standard InChI is InChI=1S/2C8H8O2.2C5H8N2.2C5H7N2.2Zn/c2*1-6-2-4-7(5-3-6)8(9)10;4*1-4-3-5(2)7-6-4;;/h2*2-5H,1H3,(H,9,10);2*3H,1-2H3,(H,6,7);2*3H,1-2H3;;/q;;;;2*-1;2*+2/p-2. The molecule has 0 atom stereocenters. The summed E-state index contributed by atoms with van der Waals surface area (Å²) in [5.41, 5.74) is 10.9. The summed E-state index contributed by atoms with van der Waals surface area (Å²) in [4.78, 5) is 20.4. The molecule has 6 aromatic rings. The van der Waals surface area contributed by atoms with E-state index in [1.807, 2.05) is 93.5 Å². The van der Waals surface area contributed by atoms with Crippen molar-refractivity contribution in [1.29, 1.82) is 0 Å². The maximum Gasteiger partial charge on any atom is 2.00 e.